The Morgan fingerprint density at radius 3 is 2.48 bits per heavy atom. The lowest BCUT2D eigenvalue weighted by atomic mass is 10.1. The van der Waals surface area contributed by atoms with Crippen LogP contribution >= 0.6 is 0 Å². The van der Waals surface area contributed by atoms with Crippen LogP contribution < -0.4 is 5.32 Å². The Hall–Kier alpha value is -2.08. The standard InChI is InChI=1S/C15H16FNO3S/c1-10(12-8-7-11(16)9-14(12)18)17-13-5-3-4-6-15(13)21(2,19)20/h3-10,17-18H,1-2H3. The van der Waals surface area contributed by atoms with E-state index in [1.807, 2.05) is 0 Å². The van der Waals surface area contributed by atoms with E-state index >= 15 is 0 Å². The second-order valence-electron chi connectivity index (χ2n) is 4.84. The monoisotopic (exact) mass is 309 g/mol. The third kappa shape index (κ3) is 3.52. The molecule has 2 N–H and O–H groups in total. The van der Waals surface area contributed by atoms with Crippen molar-refractivity contribution in [3.63, 3.8) is 0 Å². The minimum atomic E-state index is -3.36. The third-order valence-electron chi connectivity index (χ3n) is 3.12. The molecule has 0 aliphatic carbocycles. The van der Waals surface area contributed by atoms with Crippen molar-refractivity contribution < 1.29 is 17.9 Å². The van der Waals surface area contributed by atoms with E-state index in [0.717, 1.165) is 12.3 Å². The van der Waals surface area contributed by atoms with Crippen molar-refractivity contribution >= 4 is 15.5 Å². The first-order valence-corrected chi connectivity index (χ1v) is 8.22. The van der Waals surface area contributed by atoms with E-state index in [1.165, 1.54) is 18.2 Å². The van der Waals surface area contributed by atoms with Gasteiger partial charge < -0.3 is 10.4 Å². The number of anilines is 1. The fourth-order valence-corrected chi connectivity index (χ4v) is 2.96. The van der Waals surface area contributed by atoms with Gasteiger partial charge in [-0.15, -0.1) is 0 Å². The molecule has 112 valence electrons. The number of rotatable bonds is 4. The van der Waals surface area contributed by atoms with Crippen molar-refractivity contribution in [3.05, 3.63) is 53.8 Å². The minimum absolute atomic E-state index is 0.174. The number of para-hydroxylation sites is 1. The highest BCUT2D eigenvalue weighted by atomic mass is 32.2. The number of sulfone groups is 1. The molecule has 0 heterocycles. The molecule has 4 nitrogen and oxygen atoms in total. The van der Waals surface area contributed by atoms with Crippen molar-refractivity contribution in [1.82, 2.24) is 0 Å². The van der Waals surface area contributed by atoms with Crippen LogP contribution in [0.4, 0.5) is 10.1 Å². The maximum absolute atomic E-state index is 13.0. The normalized spacial score (nSPS) is 12.9. The van der Waals surface area contributed by atoms with E-state index < -0.39 is 15.7 Å². The molecule has 2 rings (SSSR count). The van der Waals surface area contributed by atoms with Gasteiger partial charge in [0.15, 0.2) is 9.84 Å². The van der Waals surface area contributed by atoms with Gasteiger partial charge in [-0.05, 0) is 25.1 Å². The fraction of sp³-hybridized carbons (Fsp3) is 0.200. The summed E-state index contributed by atoms with van der Waals surface area (Å²) in [6.45, 7) is 1.76. The average molecular weight is 309 g/mol. The molecular weight excluding hydrogens is 293 g/mol. The van der Waals surface area contributed by atoms with Crippen LogP contribution in [0, 0.1) is 5.82 Å². The molecule has 0 amide bonds. The Morgan fingerprint density at radius 1 is 1.19 bits per heavy atom. The number of phenolic OH excluding ortho intramolecular Hbond substituents is 1. The molecule has 0 radical (unpaired) electrons. The quantitative estimate of drug-likeness (QED) is 0.910. The maximum Gasteiger partial charge on any atom is 0.177 e. The van der Waals surface area contributed by atoms with E-state index in [2.05, 4.69) is 5.32 Å². The Labute approximate surface area is 123 Å². The number of hydrogen-bond acceptors (Lipinski definition) is 4. The Morgan fingerprint density at radius 2 is 1.86 bits per heavy atom. The summed E-state index contributed by atoms with van der Waals surface area (Å²) in [6, 6.07) is 9.86. The highest BCUT2D eigenvalue weighted by molar-refractivity contribution is 7.90. The summed E-state index contributed by atoms with van der Waals surface area (Å²) in [5.74, 6) is -0.702. The second kappa shape index (κ2) is 5.73. The molecule has 0 aromatic heterocycles. The van der Waals surface area contributed by atoms with Crippen molar-refractivity contribution in [3.8, 4) is 5.75 Å². The molecule has 0 bridgehead atoms. The molecule has 1 atom stereocenters. The molecule has 2 aromatic rings. The van der Waals surface area contributed by atoms with Gasteiger partial charge >= 0.3 is 0 Å². The van der Waals surface area contributed by atoms with Crippen LogP contribution in [0.3, 0.4) is 0 Å². The zero-order valence-electron chi connectivity index (χ0n) is 11.7. The molecule has 0 aliphatic rings. The predicted octanol–water partition coefficient (Wildman–Crippen LogP) is 3.11. The molecule has 0 aliphatic heterocycles. The Bertz CT molecular complexity index is 759. The Kier molecular flexibility index (Phi) is 4.18. The van der Waals surface area contributed by atoms with Crippen molar-refractivity contribution in [2.45, 2.75) is 17.9 Å². The van der Waals surface area contributed by atoms with Crippen LogP contribution in [0.15, 0.2) is 47.4 Å². The van der Waals surface area contributed by atoms with Crippen molar-refractivity contribution in [1.29, 1.82) is 0 Å². The van der Waals surface area contributed by atoms with E-state index in [1.54, 1.807) is 25.1 Å². The smallest absolute Gasteiger partial charge is 0.177 e. The zero-order chi connectivity index (χ0) is 15.6. The first kappa shape index (κ1) is 15.3. The van der Waals surface area contributed by atoms with Gasteiger partial charge in [-0.1, -0.05) is 18.2 Å². The number of benzene rings is 2. The van der Waals surface area contributed by atoms with Gasteiger partial charge in [0.05, 0.1) is 16.6 Å². The molecule has 2 aromatic carbocycles. The van der Waals surface area contributed by atoms with E-state index in [4.69, 9.17) is 0 Å². The molecular formula is C15H16FNO3S. The molecule has 1 unspecified atom stereocenters. The van der Waals surface area contributed by atoms with Crippen LogP contribution in [-0.2, 0) is 9.84 Å². The summed E-state index contributed by atoms with van der Waals surface area (Å²) in [7, 11) is -3.36. The van der Waals surface area contributed by atoms with Crippen LogP contribution in [0.1, 0.15) is 18.5 Å². The summed E-state index contributed by atoms with van der Waals surface area (Å²) in [6.07, 6.45) is 1.13. The average Bonchev–Trinajstić information content (AvgIpc) is 2.37. The van der Waals surface area contributed by atoms with Crippen LogP contribution in [0.5, 0.6) is 5.75 Å². The van der Waals surface area contributed by atoms with Crippen LogP contribution in [0.2, 0.25) is 0 Å². The summed E-state index contributed by atoms with van der Waals surface area (Å²) < 4.78 is 36.5. The third-order valence-corrected chi connectivity index (χ3v) is 4.27. The van der Waals surface area contributed by atoms with Crippen molar-refractivity contribution in [2.75, 3.05) is 11.6 Å². The Balaban J connectivity index is 2.34. The van der Waals surface area contributed by atoms with Gasteiger partial charge in [0.25, 0.3) is 0 Å². The van der Waals surface area contributed by atoms with Crippen LogP contribution in [0.25, 0.3) is 0 Å². The number of nitrogens with one attached hydrogen (secondary N) is 1. The molecule has 0 fully saturated rings. The maximum atomic E-state index is 13.0. The summed E-state index contributed by atoms with van der Waals surface area (Å²) in [5.41, 5.74) is 0.927. The van der Waals surface area contributed by atoms with Crippen molar-refractivity contribution in [2.24, 2.45) is 0 Å². The first-order valence-electron chi connectivity index (χ1n) is 6.33. The summed E-state index contributed by atoms with van der Waals surface area (Å²) in [5, 5.41) is 12.8. The number of aromatic hydroxyl groups is 1. The number of halogens is 1. The van der Waals surface area contributed by atoms with E-state index in [-0.39, 0.29) is 16.7 Å². The number of hydrogen-bond donors (Lipinski definition) is 2. The minimum Gasteiger partial charge on any atom is -0.507 e. The molecule has 6 heteroatoms. The SMILES string of the molecule is CC(Nc1ccccc1S(C)(=O)=O)c1ccc(F)cc1O. The highest BCUT2D eigenvalue weighted by Crippen LogP contribution is 2.30. The van der Waals surface area contributed by atoms with Crippen LogP contribution in [-0.4, -0.2) is 19.8 Å². The topological polar surface area (TPSA) is 66.4 Å². The van der Waals surface area contributed by atoms with Gasteiger partial charge in [0.1, 0.15) is 11.6 Å². The van der Waals surface area contributed by atoms with Gasteiger partial charge in [-0.25, -0.2) is 12.8 Å². The lowest BCUT2D eigenvalue weighted by Crippen LogP contribution is -2.10. The lowest BCUT2D eigenvalue weighted by molar-refractivity contribution is 0.459. The molecule has 0 saturated heterocycles. The van der Waals surface area contributed by atoms with Gasteiger partial charge in [0, 0.05) is 17.9 Å². The second-order valence-corrected chi connectivity index (χ2v) is 6.82. The summed E-state index contributed by atoms with van der Waals surface area (Å²) >= 11 is 0. The fourth-order valence-electron chi connectivity index (χ4n) is 2.10. The summed E-state index contributed by atoms with van der Waals surface area (Å²) in [4.78, 5) is 0.179. The lowest BCUT2D eigenvalue weighted by Gasteiger charge is -2.18. The van der Waals surface area contributed by atoms with Gasteiger partial charge in [-0.3, -0.25) is 0 Å². The largest absolute Gasteiger partial charge is 0.507 e. The number of phenols is 1. The first-order chi connectivity index (χ1) is 9.79. The van der Waals surface area contributed by atoms with Gasteiger partial charge in [-0.2, -0.15) is 0 Å². The molecule has 0 saturated carbocycles. The zero-order valence-corrected chi connectivity index (χ0v) is 12.5. The molecule has 0 spiro atoms. The van der Waals surface area contributed by atoms with E-state index in [0.29, 0.717) is 11.3 Å². The van der Waals surface area contributed by atoms with E-state index in [9.17, 15) is 17.9 Å². The predicted molar refractivity (Wildman–Crippen MR) is 79.7 cm³/mol. The molecule has 21 heavy (non-hydrogen) atoms. The van der Waals surface area contributed by atoms with Gasteiger partial charge in [0.2, 0.25) is 0 Å². The highest BCUT2D eigenvalue weighted by Gasteiger charge is 2.16.